The van der Waals surface area contributed by atoms with Crippen LogP contribution in [0.2, 0.25) is 0 Å². The highest BCUT2D eigenvalue weighted by Crippen LogP contribution is 2.42. The highest BCUT2D eigenvalue weighted by atomic mass is 16.7. The van der Waals surface area contributed by atoms with Crippen molar-refractivity contribution in [2.45, 2.75) is 192 Å². The highest BCUT2D eigenvalue weighted by Gasteiger charge is 2.54. The van der Waals surface area contributed by atoms with Crippen LogP contribution in [0.3, 0.4) is 0 Å². The van der Waals surface area contributed by atoms with E-state index >= 15 is 0 Å². The third kappa shape index (κ3) is 11.3. The second-order valence-electron chi connectivity index (χ2n) is 18.7. The maximum Gasteiger partial charge on any atom is 0.311 e. The number of imidazole rings is 1. The largest absolute Gasteiger partial charge is 0.459 e. The van der Waals surface area contributed by atoms with E-state index in [0.717, 1.165) is 0 Å². The first-order valence-electron chi connectivity index (χ1n) is 21.5. The molecule has 5 N–H and O–H groups in total. The van der Waals surface area contributed by atoms with Crippen LogP contribution in [0.1, 0.15) is 94.9 Å². The monoisotopic (exact) mass is 858 g/mol. The highest BCUT2D eigenvalue weighted by molar-refractivity contribution is 5.83. The summed E-state index contributed by atoms with van der Waals surface area (Å²) in [4.78, 5) is 34.7. The molecule has 0 spiro atoms. The topological polar surface area (TPSA) is 221 Å². The number of methoxy groups -OCH3 is 1. The van der Waals surface area contributed by atoms with Gasteiger partial charge in [-0.2, -0.15) is 0 Å². The van der Waals surface area contributed by atoms with Gasteiger partial charge in [0.2, 0.25) is 0 Å². The number of ketones is 1. The zero-order valence-electron chi connectivity index (χ0n) is 38.0. The molecule has 0 radical (unpaired) electrons. The summed E-state index contributed by atoms with van der Waals surface area (Å²) >= 11 is 0. The molecule has 3 aliphatic rings. The van der Waals surface area contributed by atoms with Crippen LogP contribution in [0.25, 0.3) is 0 Å². The van der Waals surface area contributed by atoms with Crippen LogP contribution in [0, 0.1) is 23.7 Å². The van der Waals surface area contributed by atoms with Crippen molar-refractivity contribution in [1.82, 2.24) is 14.5 Å². The average Bonchev–Trinajstić information content (AvgIpc) is 3.71. The Morgan fingerprint density at radius 2 is 1.63 bits per heavy atom. The van der Waals surface area contributed by atoms with Gasteiger partial charge in [-0.1, -0.05) is 27.7 Å². The maximum atomic E-state index is 14.4. The number of cyclic esters (lactones) is 1. The molecule has 17 heteroatoms. The van der Waals surface area contributed by atoms with Gasteiger partial charge >= 0.3 is 5.97 Å². The third-order valence-corrected chi connectivity index (χ3v) is 13.4. The zero-order valence-corrected chi connectivity index (χ0v) is 38.0. The molecule has 0 aromatic carbocycles. The van der Waals surface area contributed by atoms with E-state index in [0.29, 0.717) is 6.42 Å². The third-order valence-electron chi connectivity index (χ3n) is 13.4. The Bertz CT molecular complexity index is 1520. The molecular weight excluding hydrogens is 782 g/mol. The molecule has 1 aromatic heterocycles. The maximum absolute atomic E-state index is 14.4. The van der Waals surface area contributed by atoms with Gasteiger partial charge in [0.05, 0.1) is 73.2 Å². The SMILES string of the molecule is CC[C@H]1OC(=O)[C@H](C)[C@@H](O[C@H]2C[C@@](C)(OC)[C@@H](O)[C@H](C)O2)[C@H](C)[C@@H](O[C@@H]2O[C@H](C)C[C@H](N(C)C)[C@H]2O)[C@](C)(OCC(O)Cn2ccnc2)C[C@@H](C)C(=O)[C@H](C)[C@@H](O)[C@]1(C)O. The Kier molecular flexibility index (Phi) is 17.3. The van der Waals surface area contributed by atoms with Crippen molar-refractivity contribution in [3.05, 3.63) is 18.7 Å². The number of hydrogen-bond acceptors (Lipinski definition) is 16. The van der Waals surface area contributed by atoms with Crippen molar-refractivity contribution in [1.29, 1.82) is 0 Å². The number of hydrogen-bond donors (Lipinski definition) is 5. The fourth-order valence-corrected chi connectivity index (χ4v) is 9.50. The van der Waals surface area contributed by atoms with Gasteiger partial charge in [-0.05, 0) is 74.9 Å². The quantitative estimate of drug-likeness (QED) is 0.190. The molecule has 60 heavy (non-hydrogen) atoms. The molecule has 19 atom stereocenters. The Morgan fingerprint density at radius 1 is 0.967 bits per heavy atom. The summed E-state index contributed by atoms with van der Waals surface area (Å²) < 4.78 is 46.6. The molecule has 0 bridgehead atoms. The first-order chi connectivity index (χ1) is 27.9. The molecule has 3 saturated heterocycles. The summed E-state index contributed by atoms with van der Waals surface area (Å²) in [6.45, 7) is 16.7. The summed E-state index contributed by atoms with van der Waals surface area (Å²) in [6, 6.07) is -0.352. The summed E-state index contributed by atoms with van der Waals surface area (Å²) in [5.41, 5.74) is -4.60. The van der Waals surface area contributed by atoms with E-state index in [1.165, 1.54) is 21.0 Å². The minimum absolute atomic E-state index is 0.0268. The molecule has 17 nitrogen and oxygen atoms in total. The Morgan fingerprint density at radius 3 is 2.22 bits per heavy atom. The molecule has 1 aromatic rings. The molecular formula is C43H75N3O14. The average molecular weight is 858 g/mol. The first kappa shape index (κ1) is 50.5. The fourth-order valence-electron chi connectivity index (χ4n) is 9.50. The predicted molar refractivity (Wildman–Crippen MR) is 218 cm³/mol. The number of nitrogens with zero attached hydrogens (tertiary/aromatic N) is 3. The van der Waals surface area contributed by atoms with Crippen molar-refractivity contribution in [2.75, 3.05) is 27.8 Å². The van der Waals surface area contributed by atoms with Crippen LogP contribution in [-0.2, 0) is 49.3 Å². The van der Waals surface area contributed by atoms with Crippen LogP contribution < -0.4 is 0 Å². The predicted octanol–water partition coefficient (Wildman–Crippen LogP) is 2.07. The van der Waals surface area contributed by atoms with E-state index in [1.54, 1.807) is 71.8 Å². The van der Waals surface area contributed by atoms with Crippen molar-refractivity contribution < 1.29 is 68.3 Å². The van der Waals surface area contributed by atoms with Crippen LogP contribution in [0.5, 0.6) is 0 Å². The Labute approximate surface area is 355 Å². The van der Waals surface area contributed by atoms with Crippen molar-refractivity contribution >= 4 is 11.8 Å². The number of Topliss-reactive ketones (excluding diaryl/α,β-unsaturated/α-hetero) is 1. The van der Waals surface area contributed by atoms with Gasteiger partial charge in [0.1, 0.15) is 29.7 Å². The Hall–Kier alpha value is -2.13. The number of aliphatic hydroxyl groups excluding tert-OH is 4. The molecule has 346 valence electrons. The van der Waals surface area contributed by atoms with E-state index in [4.69, 9.17) is 33.2 Å². The molecule has 0 aliphatic carbocycles. The van der Waals surface area contributed by atoms with Gasteiger partial charge in [0.15, 0.2) is 12.6 Å². The van der Waals surface area contributed by atoms with Gasteiger partial charge in [0, 0.05) is 49.7 Å². The number of esters is 1. The lowest BCUT2D eigenvalue weighted by Crippen LogP contribution is -2.62. The van der Waals surface area contributed by atoms with Crippen molar-refractivity contribution in [3.8, 4) is 0 Å². The normalized spacial score (nSPS) is 44.6. The minimum atomic E-state index is -2.03. The molecule has 3 aliphatic heterocycles. The lowest BCUT2D eigenvalue weighted by molar-refractivity contribution is -0.321. The summed E-state index contributed by atoms with van der Waals surface area (Å²) in [5.74, 6) is -5.01. The van der Waals surface area contributed by atoms with Gasteiger partial charge < -0.3 is 68.2 Å². The van der Waals surface area contributed by atoms with E-state index in [1.807, 2.05) is 25.9 Å². The van der Waals surface area contributed by atoms with Gasteiger partial charge in [0.25, 0.3) is 0 Å². The van der Waals surface area contributed by atoms with E-state index in [-0.39, 0.29) is 50.3 Å². The summed E-state index contributed by atoms with van der Waals surface area (Å²) in [7, 11) is 5.21. The smallest absolute Gasteiger partial charge is 0.311 e. The number of ether oxygens (including phenoxy) is 7. The summed E-state index contributed by atoms with van der Waals surface area (Å²) in [5, 5.41) is 57.6. The Balaban J connectivity index is 1.92. The number of carbonyl (C=O) groups excluding carboxylic acids is 2. The lowest BCUT2D eigenvalue weighted by atomic mass is 9.73. The van der Waals surface area contributed by atoms with E-state index in [9.17, 15) is 35.1 Å². The number of rotatable bonds is 12. The number of aliphatic hydroxyl groups is 5. The van der Waals surface area contributed by atoms with Crippen LogP contribution >= 0.6 is 0 Å². The van der Waals surface area contributed by atoms with Gasteiger partial charge in [-0.15, -0.1) is 0 Å². The lowest BCUT2D eigenvalue weighted by Gasteiger charge is -2.50. The molecule has 4 heterocycles. The van der Waals surface area contributed by atoms with Crippen LogP contribution in [0.15, 0.2) is 18.7 Å². The molecule has 4 rings (SSSR count). The molecule has 1 unspecified atom stereocenters. The van der Waals surface area contributed by atoms with Gasteiger partial charge in [-0.3, -0.25) is 9.59 Å². The minimum Gasteiger partial charge on any atom is -0.459 e. The zero-order chi connectivity index (χ0) is 45.1. The first-order valence-corrected chi connectivity index (χ1v) is 21.5. The van der Waals surface area contributed by atoms with Crippen molar-refractivity contribution in [3.63, 3.8) is 0 Å². The fraction of sp³-hybridized carbons (Fsp3) is 0.884. The summed E-state index contributed by atoms with van der Waals surface area (Å²) in [6.07, 6.45) is -5.98. The van der Waals surface area contributed by atoms with E-state index in [2.05, 4.69) is 4.98 Å². The van der Waals surface area contributed by atoms with Crippen LogP contribution in [0.4, 0.5) is 0 Å². The number of likely N-dealkylation sites (N-methyl/N-ethyl adjacent to an activating group) is 1. The number of carbonyl (C=O) groups is 2. The molecule has 0 saturated carbocycles. The van der Waals surface area contributed by atoms with Gasteiger partial charge in [-0.25, -0.2) is 4.98 Å². The molecule has 3 fully saturated rings. The second kappa shape index (κ2) is 20.6. The van der Waals surface area contributed by atoms with Crippen LogP contribution in [-0.4, -0.2) is 170 Å². The van der Waals surface area contributed by atoms with E-state index < -0.39 is 108 Å². The van der Waals surface area contributed by atoms with Crippen molar-refractivity contribution in [2.24, 2.45) is 23.7 Å². The standard InChI is InChI=1S/C43H75N3O14/c1-14-31-43(10,53)36(50)25(4)33(48)23(2)18-42(9,55-21-29(47)20-46-16-15-44-22-46)38(60-40-34(49)30(45(11)12)17-24(3)56-40)26(5)35(27(6)39(52)58-31)59-32-19-41(8,54-13)37(51)28(7)57-32/h15-16,22-32,34-38,40,47,49-51,53H,14,17-21H2,1-13H3/t23-,24-,25+,26+,27-,28+,29?,30+,31-,32+,34-,35+,36-,37+,38-,40+,41-,42-,43-/m1/s1. The molecule has 0 amide bonds. The number of aromatic nitrogens is 2. The second-order valence-corrected chi connectivity index (χ2v) is 18.7.